The number of hydrogen-bond donors (Lipinski definition) is 0. The lowest BCUT2D eigenvalue weighted by molar-refractivity contribution is -0.138. The molecular formula is C30H25FN2O5S. The summed E-state index contributed by atoms with van der Waals surface area (Å²) in [5.41, 5.74) is 2.14. The van der Waals surface area contributed by atoms with Crippen LogP contribution in [0.4, 0.5) is 4.39 Å². The molecule has 0 bridgehead atoms. The summed E-state index contributed by atoms with van der Waals surface area (Å²) < 4.78 is 32.1. The summed E-state index contributed by atoms with van der Waals surface area (Å²) in [5.74, 6) is -0.0170. The van der Waals surface area contributed by atoms with Crippen molar-refractivity contribution in [2.45, 2.75) is 13.0 Å². The first-order valence-corrected chi connectivity index (χ1v) is 13.0. The molecule has 0 unspecified atom stereocenters. The van der Waals surface area contributed by atoms with Crippen LogP contribution in [0.15, 0.2) is 88.2 Å². The van der Waals surface area contributed by atoms with Gasteiger partial charge in [-0.2, -0.15) is 0 Å². The minimum absolute atomic E-state index is 0.139. The fraction of sp³-hybridized carbons (Fsp3) is 0.167. The number of ether oxygens (including phenoxy) is 3. The van der Waals surface area contributed by atoms with Crippen LogP contribution in [-0.2, 0) is 9.53 Å². The molecule has 0 spiro atoms. The molecule has 9 heteroatoms. The molecule has 3 aromatic carbocycles. The molecule has 1 aliphatic heterocycles. The summed E-state index contributed by atoms with van der Waals surface area (Å²) >= 11 is 1.19. The van der Waals surface area contributed by atoms with Gasteiger partial charge in [-0.25, -0.2) is 14.2 Å². The Bertz CT molecular complexity index is 1740. The minimum Gasteiger partial charge on any atom is -0.493 e. The van der Waals surface area contributed by atoms with Crippen molar-refractivity contribution in [3.8, 4) is 11.5 Å². The number of carbonyl (C=O) groups excluding carboxylic acids is 1. The molecule has 2 heterocycles. The number of hydrogen-bond acceptors (Lipinski definition) is 7. The van der Waals surface area contributed by atoms with Gasteiger partial charge in [0.1, 0.15) is 5.82 Å². The second-order valence-corrected chi connectivity index (χ2v) is 9.57. The van der Waals surface area contributed by atoms with Gasteiger partial charge in [-0.1, -0.05) is 65.9 Å². The standard InChI is InChI=1S/C30H25FN2O5S/c1-4-38-29(35)24-25(18-9-6-5-7-10-18)32-30-33(26(24)19-13-15-21(31)16-14-19)28(34)23(39-30)17-20-11-8-12-22(36-2)27(20)37-3/h5-17,26H,4H2,1-3H3/t26-/m0/s1. The van der Waals surface area contributed by atoms with E-state index in [1.54, 1.807) is 44.4 Å². The number of benzene rings is 3. The van der Waals surface area contributed by atoms with Crippen LogP contribution < -0.4 is 24.4 Å². The third-order valence-corrected chi connectivity index (χ3v) is 7.26. The molecule has 1 aliphatic rings. The molecule has 0 saturated carbocycles. The first kappa shape index (κ1) is 26.1. The van der Waals surface area contributed by atoms with Crippen molar-refractivity contribution in [2.75, 3.05) is 20.8 Å². The maximum absolute atomic E-state index is 14.0. The number of esters is 1. The van der Waals surface area contributed by atoms with Crippen LogP contribution in [0.1, 0.15) is 29.7 Å². The number of rotatable bonds is 7. The summed E-state index contributed by atoms with van der Waals surface area (Å²) in [7, 11) is 3.07. The molecule has 0 N–H and O–H groups in total. The average molecular weight is 545 g/mol. The van der Waals surface area contributed by atoms with Gasteiger partial charge in [0.25, 0.3) is 5.56 Å². The van der Waals surface area contributed by atoms with Crippen LogP contribution >= 0.6 is 11.3 Å². The number of fused-ring (bicyclic) bond motifs is 1. The minimum atomic E-state index is -0.884. The van der Waals surface area contributed by atoms with E-state index in [0.717, 1.165) is 0 Å². The molecule has 5 rings (SSSR count). The average Bonchev–Trinajstić information content (AvgIpc) is 3.27. The van der Waals surface area contributed by atoms with E-state index in [1.807, 2.05) is 36.4 Å². The maximum atomic E-state index is 14.0. The van der Waals surface area contributed by atoms with E-state index in [9.17, 15) is 14.0 Å². The lowest BCUT2D eigenvalue weighted by atomic mass is 9.93. The van der Waals surface area contributed by atoms with Crippen molar-refractivity contribution in [3.63, 3.8) is 0 Å². The van der Waals surface area contributed by atoms with Gasteiger partial charge in [0.2, 0.25) is 0 Å². The number of nitrogens with zero attached hydrogens (tertiary/aromatic N) is 2. The summed E-state index contributed by atoms with van der Waals surface area (Å²) in [6, 6.07) is 19.5. The monoisotopic (exact) mass is 544 g/mol. The highest BCUT2D eigenvalue weighted by Gasteiger charge is 2.35. The highest BCUT2D eigenvalue weighted by Crippen LogP contribution is 2.35. The van der Waals surface area contributed by atoms with Crippen molar-refractivity contribution in [1.82, 2.24) is 4.57 Å². The van der Waals surface area contributed by atoms with Gasteiger partial charge in [-0.15, -0.1) is 0 Å². The number of thiazole rings is 1. The van der Waals surface area contributed by atoms with Crippen LogP contribution in [0.3, 0.4) is 0 Å². The largest absolute Gasteiger partial charge is 0.493 e. The summed E-state index contributed by atoms with van der Waals surface area (Å²) in [5, 5.41) is 0. The summed E-state index contributed by atoms with van der Waals surface area (Å²) in [4.78, 5) is 32.6. The Morgan fingerprint density at radius 1 is 1.03 bits per heavy atom. The Morgan fingerprint density at radius 2 is 1.77 bits per heavy atom. The van der Waals surface area contributed by atoms with Crippen molar-refractivity contribution < 1.29 is 23.4 Å². The topological polar surface area (TPSA) is 79.1 Å². The number of carbonyl (C=O) groups is 1. The molecule has 198 valence electrons. The van der Waals surface area contributed by atoms with E-state index in [-0.39, 0.29) is 17.7 Å². The van der Waals surface area contributed by atoms with Gasteiger partial charge in [0.15, 0.2) is 16.3 Å². The van der Waals surface area contributed by atoms with Crippen LogP contribution in [0.5, 0.6) is 11.5 Å². The number of halogens is 1. The lowest BCUT2D eigenvalue weighted by Gasteiger charge is -2.25. The molecule has 0 radical (unpaired) electrons. The Labute approximate surface area is 227 Å². The molecule has 0 aliphatic carbocycles. The predicted octanol–water partition coefficient (Wildman–Crippen LogP) is 4.09. The molecule has 7 nitrogen and oxygen atoms in total. The van der Waals surface area contributed by atoms with Crippen molar-refractivity contribution in [2.24, 2.45) is 4.99 Å². The van der Waals surface area contributed by atoms with Gasteiger partial charge in [-0.05, 0) is 36.8 Å². The van der Waals surface area contributed by atoms with Gasteiger partial charge < -0.3 is 14.2 Å². The van der Waals surface area contributed by atoms with Crippen molar-refractivity contribution in [3.05, 3.63) is 121 Å². The smallest absolute Gasteiger partial charge is 0.338 e. The van der Waals surface area contributed by atoms with E-state index in [2.05, 4.69) is 0 Å². The normalized spacial score (nSPS) is 15.0. The van der Waals surface area contributed by atoms with E-state index in [1.165, 1.54) is 35.1 Å². The SMILES string of the molecule is CCOC(=O)C1=C(c2ccccc2)N=c2sc(=Cc3cccc(OC)c3OC)c(=O)n2[C@H]1c1ccc(F)cc1. The molecule has 4 aromatic rings. The van der Waals surface area contributed by atoms with Crippen LogP contribution in [0.25, 0.3) is 11.8 Å². The second kappa shape index (κ2) is 11.1. The first-order chi connectivity index (χ1) is 19.0. The Kier molecular flexibility index (Phi) is 7.42. The van der Waals surface area contributed by atoms with E-state index in [4.69, 9.17) is 19.2 Å². The van der Waals surface area contributed by atoms with E-state index in [0.29, 0.717) is 43.2 Å². The number of methoxy groups -OCH3 is 2. The molecule has 1 aromatic heterocycles. The van der Waals surface area contributed by atoms with Gasteiger partial charge >= 0.3 is 5.97 Å². The van der Waals surface area contributed by atoms with Gasteiger partial charge in [0.05, 0.1) is 42.7 Å². The summed E-state index contributed by atoms with van der Waals surface area (Å²) in [6.45, 7) is 1.85. The van der Waals surface area contributed by atoms with E-state index >= 15 is 0 Å². The zero-order valence-corrected chi connectivity index (χ0v) is 22.3. The van der Waals surface area contributed by atoms with Crippen LogP contribution in [0.2, 0.25) is 0 Å². The molecule has 0 fully saturated rings. The van der Waals surface area contributed by atoms with Crippen LogP contribution in [-0.4, -0.2) is 31.4 Å². The molecule has 0 amide bonds. The Balaban J connectivity index is 1.83. The quantitative estimate of drug-likeness (QED) is 0.328. The molecule has 39 heavy (non-hydrogen) atoms. The molecule has 1 atom stereocenters. The Morgan fingerprint density at radius 3 is 2.44 bits per heavy atom. The number of para-hydroxylation sites is 1. The van der Waals surface area contributed by atoms with Crippen molar-refractivity contribution in [1.29, 1.82) is 0 Å². The summed E-state index contributed by atoms with van der Waals surface area (Å²) in [6.07, 6.45) is 1.71. The third-order valence-electron chi connectivity index (χ3n) is 6.28. The third kappa shape index (κ3) is 4.88. The second-order valence-electron chi connectivity index (χ2n) is 8.57. The highest BCUT2D eigenvalue weighted by atomic mass is 32.1. The predicted molar refractivity (Wildman–Crippen MR) is 147 cm³/mol. The van der Waals surface area contributed by atoms with Gasteiger partial charge in [-0.3, -0.25) is 9.36 Å². The first-order valence-electron chi connectivity index (χ1n) is 12.2. The van der Waals surface area contributed by atoms with Gasteiger partial charge in [0, 0.05) is 11.1 Å². The van der Waals surface area contributed by atoms with E-state index < -0.39 is 17.8 Å². The van der Waals surface area contributed by atoms with Crippen molar-refractivity contribution >= 4 is 29.1 Å². The zero-order valence-electron chi connectivity index (χ0n) is 21.5. The van der Waals surface area contributed by atoms with Crippen LogP contribution in [0, 0.1) is 5.82 Å². The highest BCUT2D eigenvalue weighted by molar-refractivity contribution is 7.07. The fourth-order valence-corrected chi connectivity index (χ4v) is 5.56. The lowest BCUT2D eigenvalue weighted by Crippen LogP contribution is -2.40. The fourth-order valence-electron chi connectivity index (χ4n) is 4.57. The molecule has 0 saturated heterocycles. The number of aromatic nitrogens is 1. The maximum Gasteiger partial charge on any atom is 0.338 e. The Hall–Kier alpha value is -4.50. The molecular weight excluding hydrogens is 519 g/mol. The zero-order chi connectivity index (χ0) is 27.5.